The average Bonchev–Trinajstić information content (AvgIpc) is 3.66. The van der Waals surface area contributed by atoms with Gasteiger partial charge in [0.05, 0.1) is 38.4 Å². The molecule has 1 fully saturated rings. The van der Waals surface area contributed by atoms with Crippen LogP contribution in [0.1, 0.15) is 91.1 Å². The minimum absolute atomic E-state index is 0.00726. The Bertz CT molecular complexity index is 1720. The van der Waals surface area contributed by atoms with Crippen molar-refractivity contribution in [2.24, 2.45) is 5.41 Å². The Morgan fingerprint density at radius 2 is 1.87 bits per heavy atom. The van der Waals surface area contributed by atoms with Gasteiger partial charge in [0.2, 0.25) is 15.8 Å². The zero-order chi connectivity index (χ0) is 34.0. The standard InChI is InChI=1S/C37H47NO8S/c1-25-8-6-17-36(2)32(30-15-11-26(20-28(39)13-10-25)21-31(30)35(40)33-9-7-19-46-33)16-18-37(36,41)24-38(47(5,42)43)23-27-12-14-29(44-3)22-34(27)45-4/h7-9,11-12,14-15,19,21-22,28,32,39,41H,6,10,13,16-18,20,23-24H2,1-5H3/t28-,32-,36-,37+/m0/s1. The predicted molar refractivity (Wildman–Crippen MR) is 180 cm³/mol. The van der Waals surface area contributed by atoms with Crippen molar-refractivity contribution in [2.45, 2.75) is 83.0 Å². The quantitative estimate of drug-likeness (QED) is 0.210. The maximum atomic E-state index is 13.9. The van der Waals surface area contributed by atoms with Crippen LogP contribution in [0, 0.1) is 5.41 Å². The van der Waals surface area contributed by atoms with Crippen LogP contribution >= 0.6 is 0 Å². The second-order valence-electron chi connectivity index (χ2n) is 13.5. The number of methoxy groups -OCH3 is 2. The van der Waals surface area contributed by atoms with E-state index in [1.54, 1.807) is 37.4 Å². The van der Waals surface area contributed by atoms with E-state index in [-0.39, 0.29) is 30.6 Å². The smallest absolute Gasteiger partial charge is 0.228 e. The topological polar surface area (TPSA) is 127 Å². The van der Waals surface area contributed by atoms with Crippen molar-refractivity contribution in [1.82, 2.24) is 4.31 Å². The molecule has 0 aliphatic heterocycles. The maximum absolute atomic E-state index is 13.9. The fourth-order valence-corrected chi connectivity index (χ4v) is 8.31. The molecule has 3 aromatic rings. The third-order valence-electron chi connectivity index (χ3n) is 10.4. The Labute approximate surface area is 278 Å². The normalized spacial score (nSPS) is 25.2. The number of carbonyl (C=O) groups excluding carboxylic acids is 1. The minimum atomic E-state index is -3.77. The molecule has 0 radical (unpaired) electrons. The van der Waals surface area contributed by atoms with E-state index in [0.29, 0.717) is 61.2 Å². The number of furan rings is 1. The molecule has 0 amide bonds. The highest BCUT2D eigenvalue weighted by atomic mass is 32.2. The largest absolute Gasteiger partial charge is 0.497 e. The molecule has 0 spiro atoms. The minimum Gasteiger partial charge on any atom is -0.497 e. The summed E-state index contributed by atoms with van der Waals surface area (Å²) in [6.45, 7) is 3.98. The van der Waals surface area contributed by atoms with Gasteiger partial charge >= 0.3 is 0 Å². The van der Waals surface area contributed by atoms with Crippen molar-refractivity contribution in [1.29, 1.82) is 0 Å². The van der Waals surface area contributed by atoms with E-state index in [1.165, 1.54) is 17.7 Å². The summed E-state index contributed by atoms with van der Waals surface area (Å²) in [6.07, 6.45) is 8.09. The molecular weight excluding hydrogens is 618 g/mol. The summed E-state index contributed by atoms with van der Waals surface area (Å²) >= 11 is 0. The molecule has 10 heteroatoms. The third kappa shape index (κ3) is 7.36. The van der Waals surface area contributed by atoms with Crippen molar-refractivity contribution in [3.8, 4) is 11.5 Å². The summed E-state index contributed by atoms with van der Waals surface area (Å²) in [5.41, 5.74) is 1.71. The van der Waals surface area contributed by atoms with Gasteiger partial charge in [-0.15, -0.1) is 0 Å². The first-order chi connectivity index (χ1) is 22.3. The second-order valence-corrected chi connectivity index (χ2v) is 15.4. The van der Waals surface area contributed by atoms with Crippen molar-refractivity contribution in [3.63, 3.8) is 0 Å². The number of ether oxygens (including phenoxy) is 2. The van der Waals surface area contributed by atoms with Crippen molar-refractivity contribution in [3.05, 3.63) is 94.5 Å². The van der Waals surface area contributed by atoms with Gasteiger partial charge < -0.3 is 24.1 Å². The molecule has 9 nitrogen and oxygen atoms in total. The van der Waals surface area contributed by atoms with Crippen LogP contribution in [0.5, 0.6) is 11.5 Å². The highest BCUT2D eigenvalue weighted by Crippen LogP contribution is 2.59. The van der Waals surface area contributed by atoms with E-state index in [4.69, 9.17) is 13.9 Å². The molecule has 47 heavy (non-hydrogen) atoms. The lowest BCUT2D eigenvalue weighted by atomic mass is 9.65. The number of hydrogen-bond acceptors (Lipinski definition) is 8. The number of carbonyl (C=O) groups is 1. The zero-order valence-corrected chi connectivity index (χ0v) is 28.8. The number of fused-ring (bicyclic) bond motifs is 8. The van der Waals surface area contributed by atoms with Crippen LogP contribution in [0.15, 0.2) is 70.9 Å². The molecule has 2 bridgehead atoms. The summed E-state index contributed by atoms with van der Waals surface area (Å²) in [4.78, 5) is 13.9. The molecule has 0 unspecified atom stereocenters. The number of aliphatic hydroxyl groups excluding tert-OH is 1. The fourth-order valence-electron chi connectivity index (χ4n) is 7.49. The maximum Gasteiger partial charge on any atom is 0.228 e. The Hall–Kier alpha value is -3.44. The van der Waals surface area contributed by atoms with Gasteiger partial charge in [-0.2, -0.15) is 4.31 Å². The Morgan fingerprint density at radius 3 is 2.55 bits per heavy atom. The van der Waals surface area contributed by atoms with Gasteiger partial charge in [0.15, 0.2) is 5.76 Å². The van der Waals surface area contributed by atoms with Crippen LogP contribution in [0.3, 0.4) is 0 Å². The summed E-state index contributed by atoms with van der Waals surface area (Å²) in [6, 6.07) is 14.3. The second kappa shape index (κ2) is 14.0. The van der Waals surface area contributed by atoms with Crippen LogP contribution in [-0.4, -0.2) is 67.4 Å². The van der Waals surface area contributed by atoms with Crippen molar-refractivity contribution in [2.75, 3.05) is 27.0 Å². The summed E-state index contributed by atoms with van der Waals surface area (Å²) in [5.74, 6) is 0.783. The third-order valence-corrected chi connectivity index (χ3v) is 11.6. The molecule has 3 aliphatic carbocycles. The lowest BCUT2D eigenvalue weighted by Crippen LogP contribution is -2.53. The van der Waals surface area contributed by atoms with Crippen molar-refractivity contribution >= 4 is 15.8 Å². The number of sulfonamides is 1. The molecule has 6 rings (SSSR count). The van der Waals surface area contributed by atoms with E-state index >= 15 is 0 Å². The van der Waals surface area contributed by atoms with Gasteiger partial charge in [-0.1, -0.05) is 36.8 Å². The molecule has 4 atom stereocenters. The van der Waals surface area contributed by atoms with E-state index in [0.717, 1.165) is 29.4 Å². The number of nitrogens with zero attached hydrogens (tertiary/aromatic N) is 1. The first kappa shape index (κ1) is 34.9. The number of aliphatic hydroxyl groups is 2. The number of benzene rings is 2. The van der Waals surface area contributed by atoms with Crippen LogP contribution in [0.25, 0.3) is 0 Å². The molecule has 2 aromatic carbocycles. The Kier molecular flexibility index (Phi) is 10.4. The summed E-state index contributed by atoms with van der Waals surface area (Å²) < 4.78 is 44.4. The lowest BCUT2D eigenvalue weighted by molar-refractivity contribution is -0.0731. The van der Waals surface area contributed by atoms with Crippen LogP contribution in [0.2, 0.25) is 0 Å². The highest BCUT2D eigenvalue weighted by Gasteiger charge is 2.58. The van der Waals surface area contributed by atoms with E-state index < -0.39 is 27.1 Å². The summed E-state index contributed by atoms with van der Waals surface area (Å²) in [7, 11) is -0.695. The van der Waals surface area contributed by atoms with Gasteiger partial charge in [0.1, 0.15) is 11.5 Å². The van der Waals surface area contributed by atoms with Gasteiger partial charge in [-0.05, 0) is 93.2 Å². The molecule has 3 aliphatic rings. The number of ketones is 1. The molecule has 1 heterocycles. The van der Waals surface area contributed by atoms with Crippen molar-refractivity contribution < 1.29 is 37.3 Å². The number of rotatable bonds is 9. The zero-order valence-electron chi connectivity index (χ0n) is 28.0. The monoisotopic (exact) mass is 665 g/mol. The lowest BCUT2D eigenvalue weighted by Gasteiger charge is -2.45. The molecule has 2 N–H and O–H groups in total. The Morgan fingerprint density at radius 1 is 1.09 bits per heavy atom. The first-order valence-corrected chi connectivity index (χ1v) is 18.1. The average molecular weight is 666 g/mol. The van der Waals surface area contributed by atoms with Crippen LogP contribution < -0.4 is 9.47 Å². The van der Waals surface area contributed by atoms with E-state index in [9.17, 15) is 23.4 Å². The number of hydrogen-bond donors (Lipinski definition) is 2. The SMILES string of the molecule is COc1ccc(CN(C[C@]2(O)CC[C@H]3c4ccc(cc4C(=O)c4ccco4)C[C@@H](O)CCC(C)=CCC[C@@]32C)S(C)(=O)=O)c(OC)c1. The predicted octanol–water partition coefficient (Wildman–Crippen LogP) is 6.03. The van der Waals surface area contributed by atoms with Crippen LogP contribution in [-0.2, 0) is 23.0 Å². The molecule has 1 aromatic heterocycles. The van der Waals surface area contributed by atoms with Crippen LogP contribution in [0.4, 0.5) is 0 Å². The molecule has 1 saturated carbocycles. The Balaban J connectivity index is 1.59. The van der Waals surface area contributed by atoms with Gasteiger partial charge in [0, 0.05) is 35.7 Å². The van der Waals surface area contributed by atoms with E-state index in [1.807, 2.05) is 25.1 Å². The molecule has 254 valence electrons. The summed E-state index contributed by atoms with van der Waals surface area (Å²) in [5, 5.41) is 23.5. The van der Waals surface area contributed by atoms with Gasteiger partial charge in [-0.3, -0.25) is 4.79 Å². The first-order valence-electron chi connectivity index (χ1n) is 16.2. The molecular formula is C37H47NO8S. The number of allylic oxidation sites excluding steroid dienone is 2. The van der Waals surface area contributed by atoms with Gasteiger partial charge in [0.25, 0.3) is 0 Å². The fraction of sp³-hybridized carbons (Fsp3) is 0.486. The van der Waals surface area contributed by atoms with E-state index in [2.05, 4.69) is 13.0 Å². The molecule has 0 saturated heterocycles. The highest BCUT2D eigenvalue weighted by molar-refractivity contribution is 7.88. The van der Waals surface area contributed by atoms with Gasteiger partial charge in [-0.25, -0.2) is 8.42 Å².